The second-order valence-electron chi connectivity index (χ2n) is 8.39. The first-order chi connectivity index (χ1) is 15.2. The van der Waals surface area contributed by atoms with E-state index in [-0.39, 0.29) is 24.1 Å². The number of amides is 1. The molecule has 0 N–H and O–H groups in total. The third-order valence-corrected chi connectivity index (χ3v) is 6.03. The zero-order valence-electron chi connectivity index (χ0n) is 18.4. The van der Waals surface area contributed by atoms with Gasteiger partial charge in [0, 0.05) is 37.2 Å². The predicted molar refractivity (Wildman–Crippen MR) is 133 cm³/mol. The molecule has 1 amide bonds. The molecule has 5 heteroatoms. The van der Waals surface area contributed by atoms with E-state index in [0.29, 0.717) is 30.7 Å². The molecule has 2 saturated heterocycles. The number of halogens is 1. The van der Waals surface area contributed by atoms with Crippen molar-refractivity contribution in [2.24, 2.45) is 0 Å². The lowest BCUT2D eigenvalue weighted by molar-refractivity contribution is -0.131. The summed E-state index contributed by atoms with van der Waals surface area (Å²) in [6.07, 6.45) is 8.09. The lowest BCUT2D eigenvalue weighted by Crippen LogP contribution is -2.43. The molecular weight excluding hydrogens is 420 g/mol. The van der Waals surface area contributed by atoms with Crippen LogP contribution in [-0.4, -0.2) is 54.2 Å². The van der Waals surface area contributed by atoms with Crippen LogP contribution in [0.15, 0.2) is 71.8 Å². The highest BCUT2D eigenvalue weighted by Gasteiger charge is 2.29. The van der Waals surface area contributed by atoms with Gasteiger partial charge in [-0.05, 0) is 49.2 Å². The lowest BCUT2D eigenvalue weighted by Gasteiger charge is -2.31. The second kappa shape index (κ2) is 11.8. The van der Waals surface area contributed by atoms with E-state index >= 15 is 0 Å². The number of benzene rings is 2. The monoisotopic (exact) mass is 450 g/mol. The fourth-order valence-corrected chi connectivity index (χ4v) is 4.31. The number of piperidine rings is 2. The van der Waals surface area contributed by atoms with Gasteiger partial charge in [-0.15, -0.1) is 12.4 Å². The number of likely N-dealkylation sites (tertiary alicyclic amines) is 2. The fourth-order valence-electron chi connectivity index (χ4n) is 4.31. The zero-order chi connectivity index (χ0) is 21.5. The molecule has 0 radical (unpaired) electrons. The highest BCUT2D eigenvalue weighted by molar-refractivity contribution is 6.15. The first-order valence-electron chi connectivity index (χ1n) is 11.2. The van der Waals surface area contributed by atoms with Crippen molar-refractivity contribution in [3.8, 4) is 0 Å². The van der Waals surface area contributed by atoms with Gasteiger partial charge in [-0.1, -0.05) is 67.1 Å². The van der Waals surface area contributed by atoms with Crippen LogP contribution in [0, 0.1) is 0 Å². The van der Waals surface area contributed by atoms with Gasteiger partial charge in [0.2, 0.25) is 5.91 Å². The molecule has 2 heterocycles. The second-order valence-corrected chi connectivity index (χ2v) is 8.39. The SMILES string of the molecule is Cl.O=C1/C(=C\c2ccccc2)CN(C(=O)CCN2CCCCC2)C/C1=C\c1ccccc1. The largest absolute Gasteiger partial charge is 0.334 e. The van der Waals surface area contributed by atoms with E-state index in [1.165, 1.54) is 19.3 Å². The van der Waals surface area contributed by atoms with Crippen LogP contribution in [0.4, 0.5) is 0 Å². The molecule has 0 saturated carbocycles. The Morgan fingerprint density at radius 3 is 1.78 bits per heavy atom. The smallest absolute Gasteiger partial charge is 0.224 e. The van der Waals surface area contributed by atoms with Crippen molar-refractivity contribution in [2.75, 3.05) is 32.7 Å². The van der Waals surface area contributed by atoms with Gasteiger partial charge < -0.3 is 9.80 Å². The summed E-state index contributed by atoms with van der Waals surface area (Å²) < 4.78 is 0. The molecule has 0 bridgehead atoms. The van der Waals surface area contributed by atoms with Gasteiger partial charge in [-0.2, -0.15) is 0 Å². The van der Waals surface area contributed by atoms with Crippen molar-refractivity contribution in [3.63, 3.8) is 0 Å². The van der Waals surface area contributed by atoms with E-state index in [9.17, 15) is 9.59 Å². The van der Waals surface area contributed by atoms with Crippen molar-refractivity contribution in [1.82, 2.24) is 9.80 Å². The maximum Gasteiger partial charge on any atom is 0.224 e. The zero-order valence-corrected chi connectivity index (χ0v) is 19.2. The lowest BCUT2D eigenvalue weighted by atomic mass is 9.94. The minimum atomic E-state index is 0. The maximum absolute atomic E-state index is 13.2. The molecule has 4 rings (SSSR count). The molecule has 0 spiro atoms. The molecule has 2 aromatic carbocycles. The van der Waals surface area contributed by atoms with E-state index in [2.05, 4.69) is 4.90 Å². The normalized spacial score (nSPS) is 19.8. The summed E-state index contributed by atoms with van der Waals surface area (Å²) in [4.78, 5) is 30.5. The van der Waals surface area contributed by atoms with E-state index in [4.69, 9.17) is 0 Å². The first-order valence-corrected chi connectivity index (χ1v) is 11.2. The Bertz CT molecular complexity index is 902. The molecule has 2 aliphatic heterocycles. The minimum Gasteiger partial charge on any atom is -0.334 e. The van der Waals surface area contributed by atoms with Crippen LogP contribution in [0.1, 0.15) is 36.8 Å². The molecule has 2 aliphatic rings. The number of Topliss-reactive ketones (excluding diaryl/α,β-unsaturated/α-hetero) is 1. The third-order valence-electron chi connectivity index (χ3n) is 6.03. The van der Waals surface area contributed by atoms with E-state index in [0.717, 1.165) is 30.8 Å². The third kappa shape index (κ3) is 6.41. The molecule has 2 aromatic rings. The topological polar surface area (TPSA) is 40.6 Å². The highest BCUT2D eigenvalue weighted by Crippen LogP contribution is 2.23. The average Bonchev–Trinajstić information content (AvgIpc) is 2.82. The van der Waals surface area contributed by atoms with Crippen LogP contribution in [0.3, 0.4) is 0 Å². The van der Waals surface area contributed by atoms with Crippen molar-refractivity contribution in [3.05, 3.63) is 82.9 Å². The minimum absolute atomic E-state index is 0. The van der Waals surface area contributed by atoms with Crippen LogP contribution >= 0.6 is 12.4 Å². The molecule has 0 aliphatic carbocycles. The average molecular weight is 451 g/mol. The first kappa shape index (κ1) is 24.0. The fraction of sp³-hybridized carbons (Fsp3) is 0.333. The number of ketones is 1. The van der Waals surface area contributed by atoms with Crippen LogP contribution in [0.5, 0.6) is 0 Å². The van der Waals surface area contributed by atoms with Crippen LogP contribution in [-0.2, 0) is 9.59 Å². The number of hydrogen-bond acceptors (Lipinski definition) is 3. The Labute approximate surface area is 197 Å². The number of carbonyl (C=O) groups excluding carboxylic acids is 2. The summed E-state index contributed by atoms with van der Waals surface area (Å²) in [5.74, 6) is 0.156. The van der Waals surface area contributed by atoms with Gasteiger partial charge >= 0.3 is 0 Å². The summed E-state index contributed by atoms with van der Waals surface area (Å²) in [6.45, 7) is 3.73. The molecule has 4 nitrogen and oxygen atoms in total. The van der Waals surface area contributed by atoms with Gasteiger partial charge in [0.15, 0.2) is 5.78 Å². The molecule has 0 aromatic heterocycles. The van der Waals surface area contributed by atoms with E-state index in [1.807, 2.05) is 77.7 Å². The van der Waals surface area contributed by atoms with Gasteiger partial charge in [-0.3, -0.25) is 9.59 Å². The molecule has 0 atom stereocenters. The van der Waals surface area contributed by atoms with Gasteiger partial charge in [0.05, 0.1) is 0 Å². The summed E-state index contributed by atoms with van der Waals surface area (Å²) >= 11 is 0. The van der Waals surface area contributed by atoms with Gasteiger partial charge in [0.25, 0.3) is 0 Å². The molecule has 2 fully saturated rings. The summed E-state index contributed by atoms with van der Waals surface area (Å²) in [5.41, 5.74) is 3.30. The Morgan fingerprint density at radius 2 is 1.28 bits per heavy atom. The van der Waals surface area contributed by atoms with Crippen molar-refractivity contribution < 1.29 is 9.59 Å². The standard InChI is InChI=1S/C27H30N2O2.ClH/c30-26(14-17-28-15-8-3-9-16-28)29-20-24(18-22-10-4-1-5-11-22)27(31)25(21-29)19-23-12-6-2-7-13-23;/h1-2,4-7,10-13,18-19H,3,8-9,14-17,20-21H2;1H/b24-18-,25-19+;. The Kier molecular flexibility index (Phi) is 8.83. The summed E-state index contributed by atoms with van der Waals surface area (Å²) in [5, 5.41) is 0. The van der Waals surface area contributed by atoms with Crippen LogP contribution in [0.2, 0.25) is 0 Å². The number of hydrogen-bond donors (Lipinski definition) is 0. The van der Waals surface area contributed by atoms with Gasteiger partial charge in [0.1, 0.15) is 0 Å². The Morgan fingerprint density at radius 1 is 0.781 bits per heavy atom. The summed E-state index contributed by atoms with van der Waals surface area (Å²) in [6, 6.07) is 19.7. The van der Waals surface area contributed by atoms with Gasteiger partial charge in [-0.25, -0.2) is 0 Å². The quantitative estimate of drug-likeness (QED) is 0.610. The van der Waals surface area contributed by atoms with E-state index < -0.39 is 0 Å². The maximum atomic E-state index is 13.2. The van der Waals surface area contributed by atoms with Crippen molar-refractivity contribution in [2.45, 2.75) is 25.7 Å². The van der Waals surface area contributed by atoms with Crippen LogP contribution in [0.25, 0.3) is 12.2 Å². The number of carbonyl (C=O) groups is 2. The number of rotatable bonds is 5. The molecule has 168 valence electrons. The van der Waals surface area contributed by atoms with Crippen molar-refractivity contribution >= 4 is 36.2 Å². The number of nitrogens with zero attached hydrogens (tertiary/aromatic N) is 2. The van der Waals surface area contributed by atoms with Crippen LogP contribution < -0.4 is 0 Å². The molecule has 32 heavy (non-hydrogen) atoms. The summed E-state index contributed by atoms with van der Waals surface area (Å²) in [7, 11) is 0. The Hall–Kier alpha value is -2.69. The van der Waals surface area contributed by atoms with Crippen molar-refractivity contribution in [1.29, 1.82) is 0 Å². The molecular formula is C27H31ClN2O2. The Balaban J connectivity index is 0.00000289. The highest BCUT2D eigenvalue weighted by atomic mass is 35.5. The molecule has 0 unspecified atom stereocenters. The van der Waals surface area contributed by atoms with E-state index in [1.54, 1.807) is 0 Å². The predicted octanol–water partition coefficient (Wildman–Crippen LogP) is 4.86.